The second-order valence-electron chi connectivity index (χ2n) is 6.83. The van der Waals surface area contributed by atoms with Crippen molar-refractivity contribution in [3.8, 4) is 0 Å². The molecule has 0 spiro atoms. The van der Waals surface area contributed by atoms with E-state index in [4.69, 9.17) is 27.9 Å². The van der Waals surface area contributed by atoms with Crippen LogP contribution < -0.4 is 5.32 Å². The van der Waals surface area contributed by atoms with Gasteiger partial charge in [-0.1, -0.05) is 72.4 Å². The number of rotatable bonds is 5. The molecule has 1 aliphatic rings. The third kappa shape index (κ3) is 4.12. The van der Waals surface area contributed by atoms with Gasteiger partial charge in [0, 0.05) is 0 Å². The molecule has 0 bridgehead atoms. The number of aryl methyl sites for hydroxylation is 1. The molecule has 1 aliphatic carbocycles. The number of carbonyl (C=O) groups is 2. The first kappa shape index (κ1) is 19.7. The van der Waals surface area contributed by atoms with Crippen LogP contribution >= 0.6 is 23.2 Å². The molecule has 0 atom stereocenters. The lowest BCUT2D eigenvalue weighted by atomic mass is 9.79. The van der Waals surface area contributed by atoms with Crippen molar-refractivity contribution < 1.29 is 14.3 Å². The van der Waals surface area contributed by atoms with Gasteiger partial charge in [0.2, 0.25) is 0 Å². The van der Waals surface area contributed by atoms with Crippen LogP contribution in [0.4, 0.5) is 5.69 Å². The third-order valence-electron chi connectivity index (χ3n) is 5.06. The number of ether oxygens (including phenoxy) is 1. The molecule has 0 saturated heterocycles. The van der Waals surface area contributed by atoms with Crippen molar-refractivity contribution in [1.82, 2.24) is 0 Å². The van der Waals surface area contributed by atoms with Crippen LogP contribution in [0.3, 0.4) is 0 Å². The minimum Gasteiger partial charge on any atom is -0.455 e. The molecule has 3 rings (SSSR count). The summed E-state index contributed by atoms with van der Waals surface area (Å²) in [6.45, 7) is 1.44. The fourth-order valence-electron chi connectivity index (χ4n) is 3.56. The second-order valence-corrected chi connectivity index (χ2v) is 7.62. The Bertz CT molecular complexity index is 846. The summed E-state index contributed by atoms with van der Waals surface area (Å²) in [6, 6.07) is 13.1. The fourth-order valence-corrected chi connectivity index (χ4v) is 4.03. The van der Waals surface area contributed by atoms with Crippen LogP contribution in [0.25, 0.3) is 0 Å². The van der Waals surface area contributed by atoms with Gasteiger partial charge in [-0.2, -0.15) is 0 Å². The quantitative estimate of drug-likeness (QED) is 0.686. The number of benzene rings is 2. The zero-order valence-electron chi connectivity index (χ0n) is 15.1. The van der Waals surface area contributed by atoms with Crippen molar-refractivity contribution in [2.75, 3.05) is 11.9 Å². The standard InChI is InChI=1S/C21H21Cl2NO3/c1-14-9-10-16(22)19(18(14)23)24-17(25)13-27-20(26)21(11-5-6-12-21)15-7-3-2-4-8-15/h2-4,7-10H,5-6,11-13H2,1H3,(H,24,25). The minimum absolute atomic E-state index is 0.332. The van der Waals surface area contributed by atoms with Crippen molar-refractivity contribution in [3.05, 3.63) is 63.6 Å². The first-order valence-electron chi connectivity index (χ1n) is 8.91. The predicted octanol–water partition coefficient (Wildman–Crippen LogP) is 5.30. The van der Waals surface area contributed by atoms with E-state index in [0.717, 1.165) is 36.8 Å². The first-order valence-corrected chi connectivity index (χ1v) is 9.67. The largest absolute Gasteiger partial charge is 0.455 e. The smallest absolute Gasteiger partial charge is 0.317 e. The summed E-state index contributed by atoms with van der Waals surface area (Å²) in [5, 5.41) is 3.35. The Hall–Kier alpha value is -2.04. The molecule has 0 aromatic heterocycles. The molecule has 0 unspecified atom stereocenters. The molecule has 1 amide bonds. The SMILES string of the molecule is Cc1ccc(Cl)c(NC(=O)COC(=O)C2(c3ccccc3)CCCC2)c1Cl. The van der Waals surface area contributed by atoms with E-state index in [-0.39, 0.29) is 12.6 Å². The summed E-state index contributed by atoms with van der Waals surface area (Å²) in [5.41, 5.74) is 1.40. The molecule has 1 saturated carbocycles. The maximum absolute atomic E-state index is 12.9. The van der Waals surface area contributed by atoms with E-state index in [1.165, 1.54) is 0 Å². The average Bonchev–Trinajstić information content (AvgIpc) is 3.18. The Morgan fingerprint density at radius 1 is 1.07 bits per heavy atom. The number of carbonyl (C=O) groups excluding carboxylic acids is 2. The lowest BCUT2D eigenvalue weighted by Gasteiger charge is -2.27. The van der Waals surface area contributed by atoms with Crippen molar-refractivity contribution in [2.24, 2.45) is 0 Å². The molecule has 1 N–H and O–H groups in total. The highest BCUT2D eigenvalue weighted by Gasteiger charge is 2.44. The summed E-state index contributed by atoms with van der Waals surface area (Å²) in [4.78, 5) is 25.1. The molecule has 0 radical (unpaired) electrons. The van der Waals surface area contributed by atoms with Crippen molar-refractivity contribution in [2.45, 2.75) is 38.0 Å². The van der Waals surface area contributed by atoms with E-state index in [0.29, 0.717) is 15.7 Å². The van der Waals surface area contributed by atoms with Crippen LogP contribution in [0, 0.1) is 6.92 Å². The summed E-state index contributed by atoms with van der Waals surface area (Å²) in [6.07, 6.45) is 3.38. The van der Waals surface area contributed by atoms with Gasteiger partial charge in [-0.25, -0.2) is 0 Å². The highest BCUT2D eigenvalue weighted by atomic mass is 35.5. The Morgan fingerprint density at radius 2 is 1.74 bits per heavy atom. The second kappa shape index (κ2) is 8.32. The van der Waals surface area contributed by atoms with Crippen LogP contribution in [-0.4, -0.2) is 18.5 Å². The maximum Gasteiger partial charge on any atom is 0.317 e. The number of hydrogen-bond acceptors (Lipinski definition) is 3. The minimum atomic E-state index is -0.667. The van der Waals surface area contributed by atoms with Crippen LogP contribution in [0.1, 0.15) is 36.8 Å². The monoisotopic (exact) mass is 405 g/mol. The van der Waals surface area contributed by atoms with E-state index >= 15 is 0 Å². The van der Waals surface area contributed by atoms with E-state index in [1.54, 1.807) is 12.1 Å². The van der Waals surface area contributed by atoms with Crippen LogP contribution in [0.15, 0.2) is 42.5 Å². The van der Waals surface area contributed by atoms with Gasteiger partial charge >= 0.3 is 5.97 Å². The molecular formula is C21H21Cl2NO3. The number of halogens is 2. The van der Waals surface area contributed by atoms with Gasteiger partial charge in [0.15, 0.2) is 6.61 Å². The molecule has 0 heterocycles. The van der Waals surface area contributed by atoms with Crippen molar-refractivity contribution in [3.63, 3.8) is 0 Å². The number of anilines is 1. The van der Waals surface area contributed by atoms with Gasteiger partial charge in [-0.05, 0) is 37.0 Å². The van der Waals surface area contributed by atoms with Gasteiger partial charge in [-0.15, -0.1) is 0 Å². The fraction of sp³-hybridized carbons (Fsp3) is 0.333. The number of nitrogens with one attached hydrogen (secondary N) is 1. The number of amides is 1. The first-order chi connectivity index (χ1) is 12.9. The maximum atomic E-state index is 12.9. The average molecular weight is 406 g/mol. The van der Waals surface area contributed by atoms with Gasteiger partial charge in [0.1, 0.15) is 0 Å². The molecule has 1 fully saturated rings. The zero-order chi connectivity index (χ0) is 19.4. The molecule has 0 aliphatic heterocycles. The van der Waals surface area contributed by atoms with Crippen molar-refractivity contribution >= 4 is 40.8 Å². The molecule has 27 heavy (non-hydrogen) atoms. The van der Waals surface area contributed by atoms with Crippen LogP contribution in [-0.2, 0) is 19.7 Å². The van der Waals surface area contributed by atoms with Crippen LogP contribution in [0.2, 0.25) is 10.0 Å². The highest BCUT2D eigenvalue weighted by Crippen LogP contribution is 2.42. The van der Waals surface area contributed by atoms with Crippen LogP contribution in [0.5, 0.6) is 0 Å². The molecular weight excluding hydrogens is 385 g/mol. The Morgan fingerprint density at radius 3 is 2.41 bits per heavy atom. The lowest BCUT2D eigenvalue weighted by Crippen LogP contribution is -2.36. The van der Waals surface area contributed by atoms with Gasteiger partial charge < -0.3 is 10.1 Å². The Balaban J connectivity index is 1.68. The Kier molecular flexibility index (Phi) is 6.08. The summed E-state index contributed by atoms with van der Waals surface area (Å²) >= 11 is 12.3. The highest BCUT2D eigenvalue weighted by molar-refractivity contribution is 6.40. The van der Waals surface area contributed by atoms with E-state index in [2.05, 4.69) is 5.32 Å². The van der Waals surface area contributed by atoms with E-state index in [1.807, 2.05) is 37.3 Å². The molecule has 2 aromatic carbocycles. The summed E-state index contributed by atoms with van der Waals surface area (Å²) < 4.78 is 5.39. The van der Waals surface area contributed by atoms with Gasteiger partial charge in [0.05, 0.1) is 21.1 Å². The molecule has 4 nitrogen and oxygen atoms in total. The third-order valence-corrected chi connectivity index (χ3v) is 5.86. The van der Waals surface area contributed by atoms with E-state index in [9.17, 15) is 9.59 Å². The number of hydrogen-bond donors (Lipinski definition) is 1. The summed E-state index contributed by atoms with van der Waals surface area (Å²) in [5.74, 6) is -0.832. The molecule has 2 aromatic rings. The topological polar surface area (TPSA) is 55.4 Å². The summed E-state index contributed by atoms with van der Waals surface area (Å²) in [7, 11) is 0. The molecule has 142 valence electrons. The predicted molar refractivity (Wildman–Crippen MR) is 107 cm³/mol. The lowest BCUT2D eigenvalue weighted by molar-refractivity contribution is -0.153. The Labute approximate surface area is 168 Å². The zero-order valence-corrected chi connectivity index (χ0v) is 16.6. The number of esters is 1. The van der Waals surface area contributed by atoms with E-state index < -0.39 is 11.3 Å². The van der Waals surface area contributed by atoms with Crippen molar-refractivity contribution in [1.29, 1.82) is 0 Å². The normalized spacial score (nSPS) is 15.4. The molecule has 6 heteroatoms. The van der Waals surface area contributed by atoms with Gasteiger partial charge in [-0.3, -0.25) is 9.59 Å². The van der Waals surface area contributed by atoms with Gasteiger partial charge in [0.25, 0.3) is 5.91 Å².